The van der Waals surface area contributed by atoms with Gasteiger partial charge in [-0.15, -0.1) is 0 Å². The van der Waals surface area contributed by atoms with E-state index in [9.17, 15) is 0 Å². The van der Waals surface area contributed by atoms with E-state index in [4.69, 9.17) is 18.0 Å². The molecule has 0 bridgehead atoms. The van der Waals surface area contributed by atoms with Crippen LogP contribution < -0.4 is 5.73 Å². The molecule has 0 aromatic heterocycles. The van der Waals surface area contributed by atoms with Gasteiger partial charge in [-0.3, -0.25) is 4.90 Å². The average Bonchev–Trinajstić information content (AvgIpc) is 2.88. The highest BCUT2D eigenvalue weighted by atomic mass is 32.2. The van der Waals surface area contributed by atoms with E-state index in [2.05, 4.69) is 23.6 Å². The standard InChI is InChI=1S/C11H20N2S2/c1-9-7-15-5-4-13(9)8-11(2-3-11)6-10(12)14/h9H,2-8H2,1H3,(H2,12,14). The van der Waals surface area contributed by atoms with Gasteiger partial charge in [0.1, 0.15) is 0 Å². The fourth-order valence-corrected chi connectivity index (χ4v) is 3.75. The molecule has 1 aliphatic carbocycles. The summed E-state index contributed by atoms with van der Waals surface area (Å²) in [6.45, 7) is 4.79. The van der Waals surface area contributed by atoms with Crippen molar-refractivity contribution in [1.82, 2.24) is 4.90 Å². The molecule has 0 amide bonds. The Bertz CT molecular complexity index is 251. The van der Waals surface area contributed by atoms with Crippen LogP contribution in [-0.2, 0) is 0 Å². The van der Waals surface area contributed by atoms with E-state index >= 15 is 0 Å². The lowest BCUT2D eigenvalue weighted by molar-refractivity contribution is 0.188. The number of hydrogen-bond donors (Lipinski definition) is 1. The smallest absolute Gasteiger partial charge is 0.0733 e. The van der Waals surface area contributed by atoms with Crippen LogP contribution in [0, 0.1) is 5.41 Å². The van der Waals surface area contributed by atoms with E-state index in [1.54, 1.807) is 0 Å². The highest BCUT2D eigenvalue weighted by Crippen LogP contribution is 2.49. The summed E-state index contributed by atoms with van der Waals surface area (Å²) >= 11 is 7.11. The number of thioether (sulfide) groups is 1. The summed E-state index contributed by atoms with van der Waals surface area (Å²) in [6.07, 6.45) is 3.60. The molecule has 1 saturated heterocycles. The molecule has 0 spiro atoms. The number of rotatable bonds is 4. The zero-order chi connectivity index (χ0) is 10.9. The Morgan fingerprint density at radius 3 is 2.87 bits per heavy atom. The summed E-state index contributed by atoms with van der Waals surface area (Å²) in [5, 5.41) is 0. The molecule has 2 fully saturated rings. The largest absolute Gasteiger partial charge is 0.393 e. The molecule has 1 saturated carbocycles. The molecule has 0 aromatic carbocycles. The van der Waals surface area contributed by atoms with Crippen LogP contribution in [0.25, 0.3) is 0 Å². The highest BCUT2D eigenvalue weighted by molar-refractivity contribution is 7.99. The van der Waals surface area contributed by atoms with E-state index in [1.165, 1.54) is 37.4 Å². The minimum absolute atomic E-state index is 0.460. The Hall–Kier alpha value is 0.200. The van der Waals surface area contributed by atoms with Crippen molar-refractivity contribution in [2.45, 2.75) is 32.2 Å². The van der Waals surface area contributed by atoms with E-state index in [-0.39, 0.29) is 0 Å². The monoisotopic (exact) mass is 244 g/mol. The van der Waals surface area contributed by atoms with Gasteiger partial charge in [-0.05, 0) is 25.2 Å². The number of nitrogens with zero attached hydrogens (tertiary/aromatic N) is 1. The summed E-state index contributed by atoms with van der Waals surface area (Å²) in [7, 11) is 0. The molecule has 86 valence electrons. The molecular formula is C11H20N2S2. The molecule has 15 heavy (non-hydrogen) atoms. The van der Waals surface area contributed by atoms with Gasteiger partial charge in [0.05, 0.1) is 4.99 Å². The van der Waals surface area contributed by atoms with Crippen LogP contribution >= 0.6 is 24.0 Å². The van der Waals surface area contributed by atoms with Gasteiger partial charge in [0.15, 0.2) is 0 Å². The van der Waals surface area contributed by atoms with Crippen molar-refractivity contribution in [2.24, 2.45) is 11.1 Å². The normalized spacial score (nSPS) is 30.1. The molecule has 1 aliphatic heterocycles. The number of hydrogen-bond acceptors (Lipinski definition) is 3. The van der Waals surface area contributed by atoms with Gasteiger partial charge in [-0.25, -0.2) is 0 Å². The molecule has 0 radical (unpaired) electrons. The Morgan fingerprint density at radius 1 is 1.60 bits per heavy atom. The summed E-state index contributed by atoms with van der Waals surface area (Å²) < 4.78 is 0. The molecule has 1 atom stereocenters. The van der Waals surface area contributed by atoms with Crippen LogP contribution in [0.4, 0.5) is 0 Å². The highest BCUT2D eigenvalue weighted by Gasteiger charge is 2.44. The van der Waals surface area contributed by atoms with E-state index in [1.807, 2.05) is 0 Å². The van der Waals surface area contributed by atoms with Gasteiger partial charge in [0, 0.05) is 37.1 Å². The molecule has 0 aromatic rings. The van der Waals surface area contributed by atoms with Crippen molar-refractivity contribution in [3.05, 3.63) is 0 Å². The fourth-order valence-electron chi connectivity index (χ4n) is 2.36. The maximum atomic E-state index is 5.67. The molecule has 2 N–H and O–H groups in total. The summed E-state index contributed by atoms with van der Waals surface area (Å²) in [6, 6.07) is 0.729. The lowest BCUT2D eigenvalue weighted by Crippen LogP contribution is -2.44. The first-order valence-corrected chi connectivity index (χ1v) is 7.28. The van der Waals surface area contributed by atoms with E-state index in [0.717, 1.165) is 12.5 Å². The third kappa shape index (κ3) is 3.08. The first-order valence-electron chi connectivity index (χ1n) is 5.71. The minimum atomic E-state index is 0.460. The maximum Gasteiger partial charge on any atom is 0.0733 e. The number of nitrogens with two attached hydrogens (primary N) is 1. The summed E-state index contributed by atoms with van der Waals surface area (Å²) in [5.74, 6) is 2.57. The van der Waals surface area contributed by atoms with Gasteiger partial charge in [-0.2, -0.15) is 11.8 Å². The Labute approximate surface area is 102 Å². The van der Waals surface area contributed by atoms with Crippen LogP contribution in [0.15, 0.2) is 0 Å². The van der Waals surface area contributed by atoms with Gasteiger partial charge in [-0.1, -0.05) is 12.2 Å². The van der Waals surface area contributed by atoms with Crippen molar-refractivity contribution in [2.75, 3.05) is 24.6 Å². The topological polar surface area (TPSA) is 29.3 Å². The van der Waals surface area contributed by atoms with Gasteiger partial charge in [0.25, 0.3) is 0 Å². The lowest BCUT2D eigenvalue weighted by atomic mass is 10.0. The third-order valence-electron chi connectivity index (χ3n) is 3.55. The number of thiocarbonyl (C=S) groups is 1. The maximum absolute atomic E-state index is 5.67. The molecule has 1 heterocycles. The van der Waals surface area contributed by atoms with Crippen LogP contribution in [0.2, 0.25) is 0 Å². The second-order valence-electron chi connectivity index (χ2n) is 5.04. The first kappa shape index (κ1) is 11.7. The molecule has 2 aliphatic rings. The van der Waals surface area contributed by atoms with Crippen LogP contribution in [0.5, 0.6) is 0 Å². The molecular weight excluding hydrogens is 224 g/mol. The second-order valence-corrected chi connectivity index (χ2v) is 6.71. The summed E-state index contributed by atoms with van der Waals surface area (Å²) in [5.41, 5.74) is 6.13. The van der Waals surface area contributed by atoms with Crippen LogP contribution in [-0.4, -0.2) is 40.5 Å². The SMILES string of the molecule is CC1CSCCN1CC1(CC(N)=S)CC1. The average molecular weight is 244 g/mol. The quantitative estimate of drug-likeness (QED) is 0.765. The Morgan fingerprint density at radius 2 is 2.33 bits per heavy atom. The third-order valence-corrected chi connectivity index (χ3v) is 4.88. The van der Waals surface area contributed by atoms with Crippen molar-refractivity contribution in [3.63, 3.8) is 0 Å². The second kappa shape index (κ2) is 4.60. The van der Waals surface area contributed by atoms with Crippen molar-refractivity contribution < 1.29 is 0 Å². The van der Waals surface area contributed by atoms with Crippen molar-refractivity contribution in [3.8, 4) is 0 Å². The molecule has 1 unspecified atom stereocenters. The fraction of sp³-hybridized carbons (Fsp3) is 0.909. The van der Waals surface area contributed by atoms with E-state index < -0.39 is 0 Å². The van der Waals surface area contributed by atoms with Crippen molar-refractivity contribution >= 4 is 29.0 Å². The lowest BCUT2D eigenvalue weighted by Gasteiger charge is -2.35. The van der Waals surface area contributed by atoms with Crippen LogP contribution in [0.3, 0.4) is 0 Å². The molecule has 4 heteroatoms. The Balaban J connectivity index is 1.87. The van der Waals surface area contributed by atoms with E-state index in [0.29, 0.717) is 10.4 Å². The van der Waals surface area contributed by atoms with Gasteiger partial charge >= 0.3 is 0 Å². The predicted molar refractivity (Wildman–Crippen MR) is 71.4 cm³/mol. The first-order chi connectivity index (χ1) is 7.11. The summed E-state index contributed by atoms with van der Waals surface area (Å²) in [4.78, 5) is 3.33. The zero-order valence-corrected chi connectivity index (χ0v) is 11.0. The van der Waals surface area contributed by atoms with Gasteiger partial charge in [0.2, 0.25) is 0 Å². The Kier molecular flexibility index (Phi) is 3.58. The molecule has 2 rings (SSSR count). The predicted octanol–water partition coefficient (Wildman–Crippen LogP) is 1.88. The zero-order valence-electron chi connectivity index (χ0n) is 9.37. The van der Waals surface area contributed by atoms with Gasteiger partial charge < -0.3 is 5.73 Å². The molecule has 2 nitrogen and oxygen atoms in total. The minimum Gasteiger partial charge on any atom is -0.393 e. The van der Waals surface area contributed by atoms with Crippen molar-refractivity contribution in [1.29, 1.82) is 0 Å². The van der Waals surface area contributed by atoms with Crippen LogP contribution in [0.1, 0.15) is 26.2 Å².